The number of unbranched alkanes of at least 4 members (excludes halogenated alkanes) is 3. The molecule has 1 saturated carbocycles. The van der Waals surface area contributed by atoms with E-state index in [4.69, 9.17) is 4.74 Å². The first-order chi connectivity index (χ1) is 9.63. The summed E-state index contributed by atoms with van der Waals surface area (Å²) in [6.07, 6.45) is 12.5. The lowest BCUT2D eigenvalue weighted by Gasteiger charge is -2.16. The van der Waals surface area contributed by atoms with E-state index in [1.54, 1.807) is 6.92 Å². The topological polar surface area (TPSA) is 43.4 Å². The number of allylic oxidation sites excluding steroid dienone is 1. The van der Waals surface area contributed by atoms with Crippen LogP contribution in [-0.4, -0.2) is 17.9 Å². The molecular formula is C17H28O3. The molecule has 1 atom stereocenters. The van der Waals surface area contributed by atoms with Crippen molar-refractivity contribution in [2.75, 3.05) is 0 Å². The van der Waals surface area contributed by atoms with Gasteiger partial charge in [-0.15, -0.1) is 0 Å². The van der Waals surface area contributed by atoms with Crippen LogP contribution in [0.4, 0.5) is 0 Å². The summed E-state index contributed by atoms with van der Waals surface area (Å²) in [5.74, 6) is -0.00246. The van der Waals surface area contributed by atoms with Crippen molar-refractivity contribution in [1.29, 1.82) is 0 Å². The highest BCUT2D eigenvalue weighted by atomic mass is 16.5. The van der Waals surface area contributed by atoms with Crippen molar-refractivity contribution in [1.82, 2.24) is 0 Å². The summed E-state index contributed by atoms with van der Waals surface area (Å²) in [5, 5.41) is 0. The molecule has 1 fully saturated rings. The second-order valence-corrected chi connectivity index (χ2v) is 5.79. The molecule has 0 radical (unpaired) electrons. The quantitative estimate of drug-likeness (QED) is 0.361. The second kappa shape index (κ2) is 9.73. The molecule has 0 spiro atoms. The fourth-order valence-electron chi connectivity index (χ4n) is 2.60. The number of hydrogen-bond donors (Lipinski definition) is 0. The monoisotopic (exact) mass is 280 g/mol. The molecule has 20 heavy (non-hydrogen) atoms. The van der Waals surface area contributed by atoms with Crippen LogP contribution >= 0.6 is 0 Å². The highest BCUT2D eigenvalue weighted by Crippen LogP contribution is 2.26. The van der Waals surface area contributed by atoms with Gasteiger partial charge in [0, 0.05) is 6.42 Å². The van der Waals surface area contributed by atoms with Crippen LogP contribution in [-0.2, 0) is 14.3 Å². The minimum atomic E-state index is -0.373. The Bertz CT molecular complexity index is 327. The molecule has 0 bridgehead atoms. The average molecular weight is 280 g/mol. The molecule has 1 rings (SSSR count). The summed E-state index contributed by atoms with van der Waals surface area (Å²) in [6.45, 7) is 3.72. The molecule has 1 aliphatic rings. The lowest BCUT2D eigenvalue weighted by molar-refractivity contribution is -0.152. The van der Waals surface area contributed by atoms with Crippen molar-refractivity contribution >= 4 is 11.8 Å². The van der Waals surface area contributed by atoms with E-state index in [1.807, 2.05) is 12.2 Å². The Morgan fingerprint density at radius 2 is 1.95 bits per heavy atom. The highest BCUT2D eigenvalue weighted by molar-refractivity contribution is 5.77. The Morgan fingerprint density at radius 3 is 2.55 bits per heavy atom. The molecule has 0 aromatic heterocycles. The number of hydrogen-bond acceptors (Lipinski definition) is 3. The summed E-state index contributed by atoms with van der Waals surface area (Å²) in [4.78, 5) is 23.3. The normalized spacial score (nSPS) is 17.5. The predicted octanol–water partition coefficient (Wildman–Crippen LogP) is 4.20. The Labute approximate surface area is 122 Å². The molecule has 0 N–H and O–H groups in total. The molecule has 114 valence electrons. The number of ketones is 1. The van der Waals surface area contributed by atoms with Crippen molar-refractivity contribution in [2.24, 2.45) is 5.92 Å². The molecule has 3 nitrogen and oxygen atoms in total. The van der Waals surface area contributed by atoms with Crippen molar-refractivity contribution in [3.63, 3.8) is 0 Å². The van der Waals surface area contributed by atoms with Crippen LogP contribution in [0.5, 0.6) is 0 Å². The summed E-state index contributed by atoms with van der Waals surface area (Å²) < 4.78 is 5.51. The third-order valence-electron chi connectivity index (χ3n) is 3.77. The van der Waals surface area contributed by atoms with Crippen molar-refractivity contribution in [2.45, 2.75) is 77.7 Å². The third kappa shape index (κ3) is 6.88. The molecule has 0 amide bonds. The zero-order chi connectivity index (χ0) is 14.8. The highest BCUT2D eigenvalue weighted by Gasteiger charge is 2.26. The van der Waals surface area contributed by atoms with E-state index in [0.29, 0.717) is 6.42 Å². The lowest BCUT2D eigenvalue weighted by Crippen LogP contribution is -2.23. The van der Waals surface area contributed by atoms with E-state index in [9.17, 15) is 9.59 Å². The predicted molar refractivity (Wildman–Crippen MR) is 80.4 cm³/mol. The van der Waals surface area contributed by atoms with Crippen molar-refractivity contribution in [3.8, 4) is 0 Å². The molecular weight excluding hydrogens is 252 g/mol. The third-order valence-corrected chi connectivity index (χ3v) is 3.77. The van der Waals surface area contributed by atoms with Gasteiger partial charge in [-0.05, 0) is 38.7 Å². The Balaban J connectivity index is 2.41. The van der Waals surface area contributed by atoms with Gasteiger partial charge in [-0.3, -0.25) is 9.59 Å². The van der Waals surface area contributed by atoms with Gasteiger partial charge in [0.1, 0.15) is 11.9 Å². The summed E-state index contributed by atoms with van der Waals surface area (Å²) >= 11 is 0. The minimum Gasteiger partial charge on any atom is -0.457 e. The van der Waals surface area contributed by atoms with E-state index in [-0.39, 0.29) is 23.8 Å². The first-order valence-corrected chi connectivity index (χ1v) is 8.00. The number of carbonyl (C=O) groups is 2. The Morgan fingerprint density at radius 1 is 1.25 bits per heavy atom. The van der Waals surface area contributed by atoms with Crippen LogP contribution in [0.15, 0.2) is 12.2 Å². The zero-order valence-corrected chi connectivity index (χ0v) is 12.9. The summed E-state index contributed by atoms with van der Waals surface area (Å²) in [7, 11) is 0. The molecule has 0 saturated heterocycles. The number of rotatable bonds is 9. The fourth-order valence-corrected chi connectivity index (χ4v) is 2.60. The largest absolute Gasteiger partial charge is 0.457 e. The molecule has 1 unspecified atom stereocenters. The van der Waals surface area contributed by atoms with E-state index in [1.165, 1.54) is 12.8 Å². The molecule has 1 aliphatic carbocycles. The molecule has 3 heteroatoms. The molecule has 0 aromatic rings. The van der Waals surface area contributed by atoms with Gasteiger partial charge in [-0.2, -0.15) is 0 Å². The maximum atomic E-state index is 12.0. The van der Waals surface area contributed by atoms with Crippen LogP contribution in [0.2, 0.25) is 0 Å². The van der Waals surface area contributed by atoms with Gasteiger partial charge >= 0.3 is 5.97 Å². The van der Waals surface area contributed by atoms with Gasteiger partial charge in [-0.1, -0.05) is 38.7 Å². The number of Topliss-reactive ketones (excluding diaryl/α,β-unsaturated/α-hetero) is 1. The number of ether oxygens (including phenoxy) is 1. The van der Waals surface area contributed by atoms with Crippen molar-refractivity contribution < 1.29 is 14.3 Å². The Hall–Kier alpha value is -1.12. The van der Waals surface area contributed by atoms with Gasteiger partial charge < -0.3 is 4.74 Å². The van der Waals surface area contributed by atoms with Crippen LogP contribution in [0.25, 0.3) is 0 Å². The van der Waals surface area contributed by atoms with Gasteiger partial charge in [0.2, 0.25) is 0 Å². The summed E-state index contributed by atoms with van der Waals surface area (Å²) in [5.41, 5.74) is 0. The fraction of sp³-hybridized carbons (Fsp3) is 0.765. The van der Waals surface area contributed by atoms with Gasteiger partial charge in [0.05, 0.1) is 5.92 Å². The molecule has 0 aromatic carbocycles. The average Bonchev–Trinajstić information content (AvgIpc) is 2.91. The van der Waals surface area contributed by atoms with E-state index >= 15 is 0 Å². The number of esters is 1. The standard InChI is InChI=1S/C17H28O3/c1-3-4-5-6-7-12-16(13-14(2)18)20-17(19)15-10-8-9-11-15/h7,12,15-16H,3-6,8-11,13H2,1-2H3. The first kappa shape index (κ1) is 16.9. The Kier molecular flexibility index (Phi) is 8.24. The van der Waals surface area contributed by atoms with Crippen LogP contribution in [0.1, 0.15) is 71.6 Å². The van der Waals surface area contributed by atoms with E-state index in [0.717, 1.165) is 38.5 Å². The second-order valence-electron chi connectivity index (χ2n) is 5.79. The SMILES string of the molecule is CCCCCC=CC(CC(C)=O)OC(=O)C1CCCC1. The molecule has 0 aliphatic heterocycles. The van der Waals surface area contributed by atoms with E-state index in [2.05, 4.69) is 6.92 Å². The summed E-state index contributed by atoms with van der Waals surface area (Å²) in [6, 6.07) is 0. The van der Waals surface area contributed by atoms with Gasteiger partial charge in [0.25, 0.3) is 0 Å². The lowest BCUT2D eigenvalue weighted by atomic mass is 10.1. The van der Waals surface area contributed by atoms with Crippen LogP contribution in [0.3, 0.4) is 0 Å². The van der Waals surface area contributed by atoms with E-state index < -0.39 is 0 Å². The minimum absolute atomic E-state index is 0.0537. The van der Waals surface area contributed by atoms with Gasteiger partial charge in [0.15, 0.2) is 0 Å². The van der Waals surface area contributed by atoms with Crippen LogP contribution < -0.4 is 0 Å². The van der Waals surface area contributed by atoms with Crippen LogP contribution in [0, 0.1) is 5.92 Å². The zero-order valence-electron chi connectivity index (χ0n) is 12.9. The number of carbonyl (C=O) groups excluding carboxylic acids is 2. The first-order valence-electron chi connectivity index (χ1n) is 8.00. The smallest absolute Gasteiger partial charge is 0.309 e. The maximum absolute atomic E-state index is 12.0. The van der Waals surface area contributed by atoms with Crippen molar-refractivity contribution in [3.05, 3.63) is 12.2 Å². The maximum Gasteiger partial charge on any atom is 0.309 e. The molecule has 0 heterocycles. The van der Waals surface area contributed by atoms with Gasteiger partial charge in [-0.25, -0.2) is 0 Å².